The molecular formula is C22H20N2O3. The fourth-order valence-electron chi connectivity index (χ4n) is 2.59. The van der Waals surface area contributed by atoms with Crippen LogP contribution in [0.5, 0.6) is 11.5 Å². The van der Waals surface area contributed by atoms with Crippen LogP contribution in [0.15, 0.2) is 78.9 Å². The predicted octanol–water partition coefficient (Wildman–Crippen LogP) is 4.73. The predicted molar refractivity (Wildman–Crippen MR) is 107 cm³/mol. The van der Waals surface area contributed by atoms with Crippen LogP contribution in [0.2, 0.25) is 0 Å². The van der Waals surface area contributed by atoms with E-state index in [0.29, 0.717) is 22.7 Å². The SMILES string of the molecule is CC(=O)c1ccccc1NCC(=O)Nc1cccc(Oc2ccccc2)c1. The lowest BCUT2D eigenvalue weighted by Gasteiger charge is -2.11. The van der Waals surface area contributed by atoms with Crippen LogP contribution in [0, 0.1) is 0 Å². The number of Topliss-reactive ketones (excluding diaryl/α,β-unsaturated/α-hetero) is 1. The number of benzene rings is 3. The average molecular weight is 360 g/mol. The summed E-state index contributed by atoms with van der Waals surface area (Å²) in [6.45, 7) is 1.55. The normalized spacial score (nSPS) is 10.1. The Morgan fingerprint density at radius 1 is 0.852 bits per heavy atom. The number of para-hydroxylation sites is 2. The van der Waals surface area contributed by atoms with E-state index in [4.69, 9.17) is 4.74 Å². The van der Waals surface area contributed by atoms with Crippen molar-refractivity contribution in [2.75, 3.05) is 17.2 Å². The molecule has 0 atom stereocenters. The zero-order valence-electron chi connectivity index (χ0n) is 14.9. The maximum absolute atomic E-state index is 12.2. The Balaban J connectivity index is 1.60. The molecule has 5 heteroatoms. The molecule has 0 aliphatic rings. The largest absolute Gasteiger partial charge is 0.457 e. The van der Waals surface area contributed by atoms with Gasteiger partial charge in [-0.05, 0) is 43.3 Å². The minimum Gasteiger partial charge on any atom is -0.457 e. The minimum absolute atomic E-state index is 0.0497. The number of ether oxygens (including phenoxy) is 1. The summed E-state index contributed by atoms with van der Waals surface area (Å²) in [5.74, 6) is 1.09. The summed E-state index contributed by atoms with van der Waals surface area (Å²) in [5, 5.41) is 5.83. The molecule has 1 amide bonds. The Labute approximate surface area is 158 Å². The molecule has 5 nitrogen and oxygen atoms in total. The molecule has 0 aliphatic carbocycles. The number of nitrogens with one attached hydrogen (secondary N) is 2. The average Bonchev–Trinajstić information content (AvgIpc) is 2.67. The van der Waals surface area contributed by atoms with Crippen LogP contribution in [0.4, 0.5) is 11.4 Å². The molecule has 2 N–H and O–H groups in total. The van der Waals surface area contributed by atoms with Crippen molar-refractivity contribution < 1.29 is 14.3 Å². The van der Waals surface area contributed by atoms with Gasteiger partial charge in [-0.15, -0.1) is 0 Å². The molecule has 0 saturated carbocycles. The molecule has 0 unspecified atom stereocenters. The topological polar surface area (TPSA) is 67.4 Å². The van der Waals surface area contributed by atoms with Crippen molar-refractivity contribution >= 4 is 23.1 Å². The van der Waals surface area contributed by atoms with Crippen LogP contribution in [-0.2, 0) is 4.79 Å². The number of hydrogen-bond acceptors (Lipinski definition) is 4. The second kappa shape index (κ2) is 8.67. The molecule has 0 fully saturated rings. The quantitative estimate of drug-likeness (QED) is 0.598. The highest BCUT2D eigenvalue weighted by molar-refractivity contribution is 6.00. The number of carbonyl (C=O) groups is 2. The van der Waals surface area contributed by atoms with E-state index in [1.165, 1.54) is 6.92 Å². The van der Waals surface area contributed by atoms with Gasteiger partial charge in [-0.3, -0.25) is 9.59 Å². The van der Waals surface area contributed by atoms with E-state index >= 15 is 0 Å². The second-order valence-electron chi connectivity index (χ2n) is 5.95. The Hall–Kier alpha value is -3.60. The fourth-order valence-corrected chi connectivity index (χ4v) is 2.59. The van der Waals surface area contributed by atoms with Crippen LogP contribution < -0.4 is 15.4 Å². The molecule has 3 aromatic rings. The first kappa shape index (κ1) is 18.2. The number of rotatable bonds is 7. The maximum Gasteiger partial charge on any atom is 0.243 e. The number of ketones is 1. The standard InChI is InChI=1S/C22H20N2O3/c1-16(25)20-12-5-6-13-21(20)23-15-22(26)24-17-8-7-11-19(14-17)27-18-9-3-2-4-10-18/h2-14,23H,15H2,1H3,(H,24,26). The zero-order valence-corrected chi connectivity index (χ0v) is 14.9. The van der Waals surface area contributed by atoms with Crippen molar-refractivity contribution in [1.82, 2.24) is 0 Å². The van der Waals surface area contributed by atoms with Crippen molar-refractivity contribution in [3.63, 3.8) is 0 Å². The fraction of sp³-hybridized carbons (Fsp3) is 0.0909. The molecule has 0 saturated heterocycles. The van der Waals surface area contributed by atoms with Gasteiger partial charge in [-0.25, -0.2) is 0 Å². The minimum atomic E-state index is -0.217. The van der Waals surface area contributed by atoms with Crippen LogP contribution in [-0.4, -0.2) is 18.2 Å². The van der Waals surface area contributed by atoms with Crippen molar-refractivity contribution in [3.05, 3.63) is 84.4 Å². The van der Waals surface area contributed by atoms with E-state index in [-0.39, 0.29) is 18.2 Å². The van der Waals surface area contributed by atoms with Crippen LogP contribution in [0.25, 0.3) is 0 Å². The molecule has 0 bridgehead atoms. The van der Waals surface area contributed by atoms with E-state index in [2.05, 4.69) is 10.6 Å². The number of hydrogen-bond donors (Lipinski definition) is 2. The van der Waals surface area contributed by atoms with E-state index < -0.39 is 0 Å². The van der Waals surface area contributed by atoms with E-state index in [9.17, 15) is 9.59 Å². The van der Waals surface area contributed by atoms with Gasteiger partial charge in [0, 0.05) is 23.0 Å². The third-order valence-corrected chi connectivity index (χ3v) is 3.84. The number of carbonyl (C=O) groups excluding carboxylic acids is 2. The first-order valence-electron chi connectivity index (χ1n) is 8.58. The summed E-state index contributed by atoms with van der Waals surface area (Å²) < 4.78 is 5.77. The Bertz CT molecular complexity index is 939. The molecule has 0 spiro atoms. The number of amides is 1. The number of anilines is 2. The van der Waals surface area contributed by atoms with Crippen LogP contribution >= 0.6 is 0 Å². The first-order valence-corrected chi connectivity index (χ1v) is 8.58. The Morgan fingerprint density at radius 3 is 2.33 bits per heavy atom. The summed E-state index contributed by atoms with van der Waals surface area (Å²) >= 11 is 0. The molecule has 0 heterocycles. The van der Waals surface area contributed by atoms with E-state index in [0.717, 1.165) is 5.75 Å². The van der Waals surface area contributed by atoms with Crippen molar-refractivity contribution in [2.24, 2.45) is 0 Å². The summed E-state index contributed by atoms with van der Waals surface area (Å²) in [6, 6.07) is 23.7. The lowest BCUT2D eigenvalue weighted by Crippen LogP contribution is -2.22. The van der Waals surface area contributed by atoms with Gasteiger partial charge in [0.2, 0.25) is 5.91 Å². The van der Waals surface area contributed by atoms with Gasteiger partial charge in [-0.2, -0.15) is 0 Å². The first-order chi connectivity index (χ1) is 13.1. The monoisotopic (exact) mass is 360 g/mol. The molecule has 3 rings (SSSR count). The molecular weight excluding hydrogens is 340 g/mol. The maximum atomic E-state index is 12.2. The summed E-state index contributed by atoms with van der Waals surface area (Å²) in [4.78, 5) is 23.9. The second-order valence-corrected chi connectivity index (χ2v) is 5.95. The lowest BCUT2D eigenvalue weighted by atomic mass is 10.1. The highest BCUT2D eigenvalue weighted by Crippen LogP contribution is 2.23. The summed E-state index contributed by atoms with van der Waals surface area (Å²) in [5.41, 5.74) is 1.83. The third-order valence-electron chi connectivity index (χ3n) is 3.84. The van der Waals surface area contributed by atoms with Gasteiger partial charge in [0.15, 0.2) is 5.78 Å². The molecule has 3 aromatic carbocycles. The summed E-state index contributed by atoms with van der Waals surface area (Å²) in [6.07, 6.45) is 0. The van der Waals surface area contributed by atoms with E-state index in [1.54, 1.807) is 30.3 Å². The molecule has 0 aliphatic heterocycles. The van der Waals surface area contributed by atoms with Gasteiger partial charge in [-0.1, -0.05) is 36.4 Å². The molecule has 136 valence electrons. The van der Waals surface area contributed by atoms with Gasteiger partial charge in [0.25, 0.3) is 0 Å². The molecule has 27 heavy (non-hydrogen) atoms. The van der Waals surface area contributed by atoms with Gasteiger partial charge in [0.1, 0.15) is 11.5 Å². The summed E-state index contributed by atoms with van der Waals surface area (Å²) in [7, 11) is 0. The van der Waals surface area contributed by atoms with Gasteiger partial charge < -0.3 is 15.4 Å². The highest BCUT2D eigenvalue weighted by atomic mass is 16.5. The van der Waals surface area contributed by atoms with E-state index in [1.807, 2.05) is 48.5 Å². The van der Waals surface area contributed by atoms with Crippen LogP contribution in [0.1, 0.15) is 17.3 Å². The Morgan fingerprint density at radius 2 is 1.56 bits per heavy atom. The highest BCUT2D eigenvalue weighted by Gasteiger charge is 2.08. The van der Waals surface area contributed by atoms with Gasteiger partial charge >= 0.3 is 0 Å². The van der Waals surface area contributed by atoms with Crippen LogP contribution in [0.3, 0.4) is 0 Å². The van der Waals surface area contributed by atoms with Crippen molar-refractivity contribution in [1.29, 1.82) is 0 Å². The molecule has 0 aromatic heterocycles. The smallest absolute Gasteiger partial charge is 0.243 e. The Kier molecular flexibility index (Phi) is 5.84. The molecule has 0 radical (unpaired) electrons. The van der Waals surface area contributed by atoms with Crippen molar-refractivity contribution in [2.45, 2.75) is 6.92 Å². The zero-order chi connectivity index (χ0) is 19.1. The van der Waals surface area contributed by atoms with Gasteiger partial charge in [0.05, 0.1) is 6.54 Å². The third kappa shape index (κ3) is 5.19. The van der Waals surface area contributed by atoms with Crippen molar-refractivity contribution in [3.8, 4) is 11.5 Å². The lowest BCUT2D eigenvalue weighted by molar-refractivity contribution is -0.114.